The van der Waals surface area contributed by atoms with Gasteiger partial charge in [0.15, 0.2) is 0 Å². The van der Waals surface area contributed by atoms with Gasteiger partial charge in [-0.3, -0.25) is 9.48 Å². The van der Waals surface area contributed by atoms with Crippen LogP contribution in [0.3, 0.4) is 0 Å². The summed E-state index contributed by atoms with van der Waals surface area (Å²) < 4.78 is 1.78. The molecule has 0 spiro atoms. The van der Waals surface area contributed by atoms with Crippen molar-refractivity contribution >= 4 is 5.91 Å². The van der Waals surface area contributed by atoms with Crippen LogP contribution in [0.4, 0.5) is 0 Å². The molecule has 2 N–H and O–H groups in total. The quantitative estimate of drug-likeness (QED) is 0.800. The van der Waals surface area contributed by atoms with E-state index in [9.17, 15) is 4.79 Å². The molecule has 0 bridgehead atoms. The van der Waals surface area contributed by atoms with E-state index in [2.05, 4.69) is 15.7 Å². The first kappa shape index (κ1) is 12.1. The largest absolute Gasteiger partial charge is 0.350 e. The van der Waals surface area contributed by atoms with Crippen molar-refractivity contribution in [3.63, 3.8) is 0 Å². The average Bonchev–Trinajstić information content (AvgIpc) is 2.73. The Morgan fingerprint density at radius 1 is 1.59 bits per heavy atom. The Kier molecular flexibility index (Phi) is 3.47. The Bertz CT molecular complexity index is 393. The lowest BCUT2D eigenvalue weighted by Gasteiger charge is -2.32. The smallest absolute Gasteiger partial charge is 0.226 e. The second kappa shape index (κ2) is 4.87. The molecule has 0 aliphatic carbocycles. The van der Waals surface area contributed by atoms with Gasteiger partial charge in [0.05, 0.1) is 12.2 Å². The van der Waals surface area contributed by atoms with Crippen LogP contribution >= 0.6 is 0 Å². The second-order valence-electron chi connectivity index (χ2n) is 4.94. The minimum Gasteiger partial charge on any atom is -0.350 e. The lowest BCUT2D eigenvalue weighted by atomic mass is 9.80. The van der Waals surface area contributed by atoms with Crippen LogP contribution in [0.5, 0.6) is 0 Å². The number of amides is 1. The Balaban J connectivity index is 1.91. The van der Waals surface area contributed by atoms with Crippen molar-refractivity contribution in [3.05, 3.63) is 18.0 Å². The molecule has 0 radical (unpaired) electrons. The van der Waals surface area contributed by atoms with E-state index in [4.69, 9.17) is 0 Å². The minimum absolute atomic E-state index is 0.153. The molecule has 1 aromatic rings. The Labute approximate surface area is 102 Å². The first-order valence-corrected chi connectivity index (χ1v) is 6.08. The van der Waals surface area contributed by atoms with E-state index >= 15 is 0 Å². The molecule has 1 aliphatic rings. The van der Waals surface area contributed by atoms with Crippen molar-refractivity contribution < 1.29 is 4.79 Å². The maximum atomic E-state index is 12.2. The number of carbonyl (C=O) groups excluding carboxylic acids is 1. The van der Waals surface area contributed by atoms with Crippen LogP contribution in [0.1, 0.15) is 25.5 Å². The minimum atomic E-state index is -0.218. The van der Waals surface area contributed by atoms with Gasteiger partial charge in [-0.1, -0.05) is 6.92 Å². The molecule has 0 unspecified atom stereocenters. The molecule has 1 saturated heterocycles. The number of aromatic nitrogens is 2. The van der Waals surface area contributed by atoms with Crippen molar-refractivity contribution in [1.29, 1.82) is 0 Å². The van der Waals surface area contributed by atoms with E-state index in [0.29, 0.717) is 6.54 Å². The Morgan fingerprint density at radius 3 is 2.88 bits per heavy atom. The normalized spacial score (nSPS) is 18.9. The summed E-state index contributed by atoms with van der Waals surface area (Å²) in [7, 11) is 1.88. The third-order valence-electron chi connectivity index (χ3n) is 3.61. The van der Waals surface area contributed by atoms with Crippen LogP contribution < -0.4 is 10.6 Å². The number of nitrogens with zero attached hydrogens (tertiary/aromatic N) is 2. The molecule has 1 fully saturated rings. The van der Waals surface area contributed by atoms with Gasteiger partial charge in [-0.05, 0) is 32.0 Å². The number of aryl methyl sites for hydroxylation is 1. The van der Waals surface area contributed by atoms with E-state index < -0.39 is 0 Å². The van der Waals surface area contributed by atoms with Gasteiger partial charge in [-0.2, -0.15) is 5.10 Å². The molecule has 5 heteroatoms. The standard InChI is InChI=1S/C12H20N4O/c1-12(4-7-13-8-5-12)11(17)14-9-10-3-6-15-16(10)2/h3,6,13H,4-5,7-9H2,1-2H3,(H,14,17). The van der Waals surface area contributed by atoms with E-state index in [1.165, 1.54) is 0 Å². The highest BCUT2D eigenvalue weighted by molar-refractivity contribution is 5.82. The molecule has 1 amide bonds. The summed E-state index contributed by atoms with van der Waals surface area (Å²) in [5.74, 6) is 0.153. The fourth-order valence-electron chi connectivity index (χ4n) is 2.16. The Morgan fingerprint density at radius 2 is 2.29 bits per heavy atom. The molecule has 5 nitrogen and oxygen atoms in total. The van der Waals surface area contributed by atoms with Gasteiger partial charge >= 0.3 is 0 Å². The fourth-order valence-corrected chi connectivity index (χ4v) is 2.16. The topological polar surface area (TPSA) is 59.0 Å². The maximum Gasteiger partial charge on any atom is 0.226 e. The zero-order valence-corrected chi connectivity index (χ0v) is 10.5. The molecule has 0 saturated carbocycles. The average molecular weight is 236 g/mol. The molecule has 1 aliphatic heterocycles. The first-order valence-electron chi connectivity index (χ1n) is 6.08. The van der Waals surface area contributed by atoms with E-state index in [-0.39, 0.29) is 11.3 Å². The van der Waals surface area contributed by atoms with Gasteiger partial charge in [-0.15, -0.1) is 0 Å². The first-order chi connectivity index (χ1) is 8.12. The van der Waals surface area contributed by atoms with Crippen LogP contribution in [0, 0.1) is 5.41 Å². The molecule has 2 heterocycles. The molecule has 94 valence electrons. The number of nitrogens with one attached hydrogen (secondary N) is 2. The monoisotopic (exact) mass is 236 g/mol. The molecular weight excluding hydrogens is 216 g/mol. The second-order valence-corrected chi connectivity index (χ2v) is 4.94. The predicted molar refractivity (Wildman–Crippen MR) is 65.3 cm³/mol. The summed E-state index contributed by atoms with van der Waals surface area (Å²) >= 11 is 0. The summed E-state index contributed by atoms with van der Waals surface area (Å²) in [5.41, 5.74) is 0.806. The number of hydrogen-bond donors (Lipinski definition) is 2. The van der Waals surface area contributed by atoms with E-state index in [0.717, 1.165) is 31.6 Å². The maximum absolute atomic E-state index is 12.2. The van der Waals surface area contributed by atoms with Crippen molar-refractivity contribution in [2.45, 2.75) is 26.3 Å². The van der Waals surface area contributed by atoms with Gasteiger partial charge < -0.3 is 10.6 Å². The zero-order valence-electron chi connectivity index (χ0n) is 10.5. The highest BCUT2D eigenvalue weighted by Crippen LogP contribution is 2.27. The predicted octanol–water partition coefficient (Wildman–Crippen LogP) is 0.426. The van der Waals surface area contributed by atoms with Gasteiger partial charge in [0.2, 0.25) is 5.91 Å². The molecule has 17 heavy (non-hydrogen) atoms. The van der Waals surface area contributed by atoms with Gasteiger partial charge in [0.25, 0.3) is 0 Å². The highest BCUT2D eigenvalue weighted by Gasteiger charge is 2.34. The molecular formula is C12H20N4O. The van der Waals surface area contributed by atoms with E-state index in [1.807, 2.05) is 20.0 Å². The number of rotatable bonds is 3. The summed E-state index contributed by atoms with van der Waals surface area (Å²) in [6.45, 7) is 4.45. The van der Waals surface area contributed by atoms with Crippen LogP contribution in [-0.4, -0.2) is 28.8 Å². The van der Waals surface area contributed by atoms with Gasteiger partial charge in [0, 0.05) is 18.7 Å². The third-order valence-corrected chi connectivity index (χ3v) is 3.61. The highest BCUT2D eigenvalue weighted by atomic mass is 16.2. The van der Waals surface area contributed by atoms with Crippen LogP contribution in [-0.2, 0) is 18.4 Å². The Hall–Kier alpha value is -1.36. The molecule has 2 rings (SSSR count). The van der Waals surface area contributed by atoms with Crippen molar-refractivity contribution in [2.24, 2.45) is 12.5 Å². The lowest BCUT2D eigenvalue weighted by Crippen LogP contribution is -2.45. The molecule has 0 aromatic carbocycles. The van der Waals surface area contributed by atoms with Crippen LogP contribution in [0.25, 0.3) is 0 Å². The number of carbonyl (C=O) groups is 1. The molecule has 1 aromatic heterocycles. The summed E-state index contributed by atoms with van der Waals surface area (Å²) in [6, 6.07) is 1.92. The summed E-state index contributed by atoms with van der Waals surface area (Å²) in [6.07, 6.45) is 3.56. The SMILES string of the molecule is Cn1nccc1CNC(=O)C1(C)CCNCC1. The zero-order chi connectivity index (χ0) is 12.3. The number of piperidine rings is 1. The summed E-state index contributed by atoms with van der Waals surface area (Å²) in [4.78, 5) is 12.2. The van der Waals surface area contributed by atoms with Crippen LogP contribution in [0.15, 0.2) is 12.3 Å². The molecule has 0 atom stereocenters. The van der Waals surface area contributed by atoms with Crippen LogP contribution in [0.2, 0.25) is 0 Å². The van der Waals surface area contributed by atoms with Gasteiger partial charge in [0.1, 0.15) is 0 Å². The van der Waals surface area contributed by atoms with E-state index in [1.54, 1.807) is 10.9 Å². The summed E-state index contributed by atoms with van der Waals surface area (Å²) in [5, 5.41) is 10.4. The lowest BCUT2D eigenvalue weighted by molar-refractivity contribution is -0.131. The number of hydrogen-bond acceptors (Lipinski definition) is 3. The fraction of sp³-hybridized carbons (Fsp3) is 0.667. The van der Waals surface area contributed by atoms with Crippen molar-refractivity contribution in [2.75, 3.05) is 13.1 Å². The third kappa shape index (κ3) is 2.66. The van der Waals surface area contributed by atoms with Crippen molar-refractivity contribution in [1.82, 2.24) is 20.4 Å². The van der Waals surface area contributed by atoms with Crippen molar-refractivity contribution in [3.8, 4) is 0 Å². The van der Waals surface area contributed by atoms with Gasteiger partial charge in [-0.25, -0.2) is 0 Å².